The molecule has 2 unspecified atom stereocenters. The third-order valence-electron chi connectivity index (χ3n) is 5.82. The summed E-state index contributed by atoms with van der Waals surface area (Å²) in [6.45, 7) is 0. The van der Waals surface area contributed by atoms with Crippen LogP contribution in [0.25, 0.3) is 0 Å². The number of rotatable bonds is 7. The average molecular weight is 511 g/mol. The van der Waals surface area contributed by atoms with Gasteiger partial charge in [-0.05, 0) is 61.4 Å². The molecule has 1 heterocycles. The van der Waals surface area contributed by atoms with E-state index in [1.54, 1.807) is 0 Å². The summed E-state index contributed by atoms with van der Waals surface area (Å²) < 4.78 is 115. The molecule has 12 heteroatoms. The van der Waals surface area contributed by atoms with E-state index in [1.807, 2.05) is 0 Å². The van der Waals surface area contributed by atoms with Gasteiger partial charge in [0.2, 0.25) is 0 Å². The van der Waals surface area contributed by atoms with E-state index in [4.69, 9.17) is 0 Å². The number of ketones is 1. The van der Waals surface area contributed by atoms with Crippen molar-refractivity contribution in [2.24, 2.45) is 11.8 Å². The van der Waals surface area contributed by atoms with E-state index >= 15 is 0 Å². The minimum Gasteiger partial charge on any atom is -0.292 e. The minimum absolute atomic E-state index is 0.0152. The van der Waals surface area contributed by atoms with Gasteiger partial charge in [0.25, 0.3) is 0 Å². The molecule has 1 aliphatic carbocycles. The lowest BCUT2D eigenvalue weighted by Crippen LogP contribution is -2.16. The van der Waals surface area contributed by atoms with Crippen molar-refractivity contribution in [1.29, 1.82) is 0 Å². The first-order chi connectivity index (χ1) is 15.6. The molecule has 0 saturated heterocycles. The van der Waals surface area contributed by atoms with Crippen LogP contribution < -0.4 is 0 Å². The maximum absolute atomic E-state index is 13.6. The zero-order chi connectivity index (χ0) is 25.3. The zero-order valence-electron chi connectivity index (χ0n) is 17.6. The quantitative estimate of drug-likeness (QED) is 0.332. The highest BCUT2D eigenvalue weighted by atomic mass is 32.2. The van der Waals surface area contributed by atoms with Crippen LogP contribution in [-0.4, -0.2) is 24.9 Å². The number of carbonyl (C=O) groups is 1. The number of hydrogen-bond acceptors (Lipinski definition) is 4. The van der Waals surface area contributed by atoms with Gasteiger partial charge in [0.15, 0.2) is 15.6 Å². The van der Waals surface area contributed by atoms with Crippen molar-refractivity contribution >= 4 is 15.6 Å². The highest BCUT2D eigenvalue weighted by Gasteiger charge is 2.35. The Hall–Kier alpha value is -2.50. The molecule has 1 aliphatic rings. The predicted octanol–water partition coefficient (Wildman–Crippen LogP) is 6.11. The van der Waals surface area contributed by atoms with Gasteiger partial charge in [0.05, 0.1) is 21.8 Å². The SMILES string of the molecule is O=C(CCC1CCC(CS(=O)(=O)c2cc(F)cc(C(F)(F)F)c2)C1)c1ccc(C(F)(F)F)cn1. The fraction of sp³-hybridized carbons (Fsp3) is 0.455. The van der Waals surface area contributed by atoms with Gasteiger partial charge in [-0.3, -0.25) is 9.78 Å². The van der Waals surface area contributed by atoms with E-state index in [2.05, 4.69) is 4.98 Å². The summed E-state index contributed by atoms with van der Waals surface area (Å²) in [5.41, 5.74) is -2.45. The van der Waals surface area contributed by atoms with E-state index in [9.17, 15) is 43.9 Å². The summed E-state index contributed by atoms with van der Waals surface area (Å²) in [5, 5.41) is 0. The average Bonchev–Trinajstić information content (AvgIpc) is 3.17. The van der Waals surface area contributed by atoms with Crippen molar-refractivity contribution in [3.8, 4) is 0 Å². The standard InChI is InChI=1S/C22H20F7NO3S/c23-17-8-16(22(27,28)29)9-18(10-17)34(32,33)12-14-2-1-13(7-14)3-6-20(31)19-5-4-15(11-30-19)21(24,25)26/h4-5,8-11,13-14H,1-3,6-7,12H2. The van der Waals surface area contributed by atoms with Crippen LogP contribution in [0.15, 0.2) is 41.4 Å². The lowest BCUT2D eigenvalue weighted by molar-refractivity contribution is -0.138. The topological polar surface area (TPSA) is 64.1 Å². The summed E-state index contributed by atoms with van der Waals surface area (Å²) >= 11 is 0. The largest absolute Gasteiger partial charge is 0.417 e. The van der Waals surface area contributed by atoms with Crippen molar-refractivity contribution in [2.75, 3.05) is 5.75 Å². The molecule has 186 valence electrons. The van der Waals surface area contributed by atoms with Gasteiger partial charge in [-0.15, -0.1) is 0 Å². The number of hydrogen-bond donors (Lipinski definition) is 0. The molecule has 0 radical (unpaired) electrons. The van der Waals surface area contributed by atoms with E-state index in [0.29, 0.717) is 44.0 Å². The zero-order valence-corrected chi connectivity index (χ0v) is 18.4. The van der Waals surface area contributed by atoms with Crippen LogP contribution in [-0.2, 0) is 22.2 Å². The van der Waals surface area contributed by atoms with Crippen LogP contribution in [0.1, 0.15) is 53.7 Å². The van der Waals surface area contributed by atoms with Gasteiger partial charge in [0, 0.05) is 12.6 Å². The molecule has 1 fully saturated rings. The van der Waals surface area contributed by atoms with Gasteiger partial charge >= 0.3 is 12.4 Å². The molecule has 3 rings (SSSR count). The number of halogens is 7. The molecular formula is C22H20F7NO3S. The Bertz CT molecular complexity index is 1140. The molecule has 1 aromatic heterocycles. The second-order valence-corrected chi connectivity index (χ2v) is 10.4. The second-order valence-electron chi connectivity index (χ2n) is 8.39. The summed E-state index contributed by atoms with van der Waals surface area (Å²) in [4.78, 5) is 15.1. The first-order valence-corrected chi connectivity index (χ1v) is 12.0. The monoisotopic (exact) mass is 511 g/mol. The Balaban J connectivity index is 1.57. The highest BCUT2D eigenvalue weighted by Crippen LogP contribution is 2.37. The molecule has 1 aromatic carbocycles. The van der Waals surface area contributed by atoms with Gasteiger partial charge < -0.3 is 0 Å². The van der Waals surface area contributed by atoms with Gasteiger partial charge in [-0.1, -0.05) is 6.42 Å². The van der Waals surface area contributed by atoms with Gasteiger partial charge in [-0.2, -0.15) is 26.3 Å². The minimum atomic E-state index is -4.89. The Kier molecular flexibility index (Phi) is 7.40. The number of Topliss-reactive ketones (excluding diaryl/α,β-unsaturated/α-hetero) is 1. The number of alkyl halides is 6. The molecule has 0 bridgehead atoms. The van der Waals surface area contributed by atoms with Crippen LogP contribution in [0.3, 0.4) is 0 Å². The molecular weight excluding hydrogens is 491 g/mol. The van der Waals surface area contributed by atoms with Crippen LogP contribution in [0, 0.1) is 17.7 Å². The number of nitrogens with zero attached hydrogens (tertiary/aromatic N) is 1. The Morgan fingerprint density at radius 3 is 2.18 bits per heavy atom. The van der Waals surface area contributed by atoms with Crippen LogP contribution in [0.2, 0.25) is 0 Å². The smallest absolute Gasteiger partial charge is 0.292 e. The molecule has 0 N–H and O–H groups in total. The maximum Gasteiger partial charge on any atom is 0.417 e. The fourth-order valence-corrected chi connectivity index (χ4v) is 5.81. The van der Waals surface area contributed by atoms with Crippen molar-refractivity contribution in [3.05, 3.63) is 59.2 Å². The molecule has 34 heavy (non-hydrogen) atoms. The van der Waals surface area contributed by atoms with Crippen molar-refractivity contribution in [1.82, 2.24) is 4.98 Å². The number of aromatic nitrogens is 1. The fourth-order valence-electron chi connectivity index (χ4n) is 4.09. The number of sulfone groups is 1. The third kappa shape index (κ3) is 6.55. The maximum atomic E-state index is 13.6. The van der Waals surface area contributed by atoms with Crippen molar-refractivity contribution in [3.63, 3.8) is 0 Å². The van der Waals surface area contributed by atoms with Crippen molar-refractivity contribution in [2.45, 2.75) is 49.4 Å². The summed E-state index contributed by atoms with van der Waals surface area (Å²) in [6, 6.07) is 2.98. The predicted molar refractivity (Wildman–Crippen MR) is 107 cm³/mol. The lowest BCUT2D eigenvalue weighted by atomic mass is 9.98. The molecule has 2 aromatic rings. The van der Waals surface area contributed by atoms with E-state index in [-0.39, 0.29) is 30.0 Å². The van der Waals surface area contributed by atoms with Gasteiger partial charge in [0.1, 0.15) is 11.5 Å². The molecule has 4 nitrogen and oxygen atoms in total. The van der Waals surface area contributed by atoms with Crippen LogP contribution in [0.5, 0.6) is 0 Å². The third-order valence-corrected chi connectivity index (χ3v) is 7.68. The first kappa shape index (κ1) is 26.1. The Morgan fingerprint density at radius 1 is 0.941 bits per heavy atom. The first-order valence-electron chi connectivity index (χ1n) is 10.3. The molecule has 1 saturated carbocycles. The molecule has 0 aliphatic heterocycles. The number of pyridine rings is 1. The second kappa shape index (κ2) is 9.63. The molecule has 2 atom stereocenters. The summed E-state index contributed by atoms with van der Waals surface area (Å²) in [6.07, 6.45) is -7.01. The summed E-state index contributed by atoms with van der Waals surface area (Å²) in [5.74, 6) is -2.58. The van der Waals surface area contributed by atoms with Gasteiger partial charge in [-0.25, -0.2) is 12.8 Å². The van der Waals surface area contributed by atoms with Crippen LogP contribution in [0.4, 0.5) is 30.7 Å². The number of carbonyl (C=O) groups excluding carboxylic acids is 1. The van der Waals surface area contributed by atoms with E-state index in [1.165, 1.54) is 0 Å². The van der Waals surface area contributed by atoms with Crippen molar-refractivity contribution < 1.29 is 43.9 Å². The van der Waals surface area contributed by atoms with E-state index in [0.717, 1.165) is 12.1 Å². The number of benzene rings is 1. The Morgan fingerprint density at radius 2 is 1.59 bits per heavy atom. The normalized spacial score (nSPS) is 19.4. The summed E-state index contributed by atoms with van der Waals surface area (Å²) in [7, 11) is -4.17. The Labute approximate surface area is 191 Å². The highest BCUT2D eigenvalue weighted by molar-refractivity contribution is 7.91. The molecule has 0 amide bonds. The van der Waals surface area contributed by atoms with E-state index < -0.39 is 55.6 Å². The lowest BCUT2D eigenvalue weighted by Gasteiger charge is -2.14. The molecule has 0 spiro atoms. The van der Waals surface area contributed by atoms with Crippen LogP contribution >= 0.6 is 0 Å².